The second kappa shape index (κ2) is 5.43. The van der Waals surface area contributed by atoms with Crippen LogP contribution >= 0.6 is 0 Å². The van der Waals surface area contributed by atoms with Gasteiger partial charge in [-0.3, -0.25) is 9.36 Å². The second-order valence-corrected chi connectivity index (χ2v) is 3.52. The average molecular weight is 191 g/mol. The molecule has 1 rings (SSSR count). The van der Waals surface area contributed by atoms with Crippen molar-refractivity contribution in [3.63, 3.8) is 0 Å². The lowest BCUT2D eigenvalue weighted by atomic mass is 10.1. The van der Waals surface area contributed by atoms with Gasteiger partial charge >= 0.3 is 0 Å². The fourth-order valence-corrected chi connectivity index (χ4v) is 1.29. The maximum absolute atomic E-state index is 11.6. The van der Waals surface area contributed by atoms with Crippen LogP contribution in [0.3, 0.4) is 0 Å². The molecule has 0 radical (unpaired) electrons. The largest absolute Gasteiger partial charge is 0.291 e. The van der Waals surface area contributed by atoms with Crippen molar-refractivity contribution in [1.82, 2.24) is 4.57 Å². The van der Waals surface area contributed by atoms with Crippen LogP contribution in [0.25, 0.3) is 0 Å². The van der Waals surface area contributed by atoms with Crippen LogP contribution in [0.5, 0.6) is 0 Å². The molecule has 14 heavy (non-hydrogen) atoms. The summed E-state index contributed by atoms with van der Waals surface area (Å²) in [4.78, 5) is 11.6. The van der Waals surface area contributed by atoms with Crippen molar-refractivity contribution >= 4 is 5.91 Å². The Morgan fingerprint density at radius 1 is 1.36 bits per heavy atom. The summed E-state index contributed by atoms with van der Waals surface area (Å²) in [7, 11) is 0. The highest BCUT2D eigenvalue weighted by Crippen LogP contribution is 2.06. The van der Waals surface area contributed by atoms with Gasteiger partial charge in [-0.05, 0) is 31.9 Å². The van der Waals surface area contributed by atoms with Gasteiger partial charge in [0.1, 0.15) is 0 Å². The van der Waals surface area contributed by atoms with Crippen LogP contribution in [0.4, 0.5) is 0 Å². The van der Waals surface area contributed by atoms with E-state index in [2.05, 4.69) is 6.92 Å². The molecule has 1 aromatic heterocycles. The third-order valence-electron chi connectivity index (χ3n) is 2.15. The van der Waals surface area contributed by atoms with Crippen molar-refractivity contribution in [3.05, 3.63) is 36.2 Å². The van der Waals surface area contributed by atoms with Gasteiger partial charge in [-0.1, -0.05) is 18.9 Å². The zero-order valence-corrected chi connectivity index (χ0v) is 8.86. The summed E-state index contributed by atoms with van der Waals surface area (Å²) >= 11 is 0. The van der Waals surface area contributed by atoms with Crippen LogP contribution in [-0.2, 0) is 0 Å². The molecule has 0 fully saturated rings. The lowest BCUT2D eigenvalue weighted by Gasteiger charge is -2.00. The van der Waals surface area contributed by atoms with E-state index in [1.807, 2.05) is 19.1 Å². The van der Waals surface area contributed by atoms with E-state index in [0.29, 0.717) is 0 Å². The summed E-state index contributed by atoms with van der Waals surface area (Å²) in [6, 6.07) is 3.71. The smallest absolute Gasteiger partial charge is 0.254 e. The van der Waals surface area contributed by atoms with Crippen LogP contribution in [-0.4, -0.2) is 10.5 Å². The SMILES string of the molecule is CCCC/C(C)=C/C(=O)n1cccc1. The Labute approximate surface area is 85.2 Å². The quantitative estimate of drug-likeness (QED) is 0.669. The number of carbonyl (C=O) groups excluding carboxylic acids is 1. The first kappa shape index (κ1) is 10.8. The third-order valence-corrected chi connectivity index (χ3v) is 2.15. The molecule has 0 aliphatic heterocycles. The van der Waals surface area contributed by atoms with Crippen molar-refractivity contribution in [1.29, 1.82) is 0 Å². The number of hydrogen-bond acceptors (Lipinski definition) is 1. The fourth-order valence-electron chi connectivity index (χ4n) is 1.29. The zero-order valence-electron chi connectivity index (χ0n) is 8.86. The van der Waals surface area contributed by atoms with E-state index in [4.69, 9.17) is 0 Å². The molecule has 0 bridgehead atoms. The van der Waals surface area contributed by atoms with Crippen LogP contribution < -0.4 is 0 Å². The first-order chi connectivity index (χ1) is 6.74. The van der Waals surface area contributed by atoms with E-state index < -0.39 is 0 Å². The van der Waals surface area contributed by atoms with Crippen molar-refractivity contribution < 1.29 is 4.79 Å². The molecule has 0 spiro atoms. The second-order valence-electron chi connectivity index (χ2n) is 3.52. The van der Waals surface area contributed by atoms with Gasteiger partial charge in [0.05, 0.1) is 0 Å². The van der Waals surface area contributed by atoms with Crippen molar-refractivity contribution in [2.24, 2.45) is 0 Å². The molecule has 0 amide bonds. The zero-order chi connectivity index (χ0) is 10.4. The Morgan fingerprint density at radius 3 is 2.57 bits per heavy atom. The summed E-state index contributed by atoms with van der Waals surface area (Å²) < 4.78 is 1.59. The highest BCUT2D eigenvalue weighted by molar-refractivity contribution is 5.90. The number of carbonyl (C=O) groups is 1. The van der Waals surface area contributed by atoms with E-state index in [1.165, 1.54) is 6.42 Å². The van der Waals surface area contributed by atoms with E-state index in [9.17, 15) is 4.79 Å². The van der Waals surface area contributed by atoms with Gasteiger partial charge < -0.3 is 0 Å². The van der Waals surface area contributed by atoms with E-state index >= 15 is 0 Å². The molecule has 0 unspecified atom stereocenters. The molecular formula is C12H17NO. The average Bonchev–Trinajstić information content (AvgIpc) is 2.67. The monoisotopic (exact) mass is 191 g/mol. The molecule has 2 nitrogen and oxygen atoms in total. The molecule has 0 aliphatic carbocycles. The highest BCUT2D eigenvalue weighted by atomic mass is 16.1. The molecule has 1 aromatic rings. The lowest BCUT2D eigenvalue weighted by Crippen LogP contribution is -2.04. The first-order valence-corrected chi connectivity index (χ1v) is 5.08. The van der Waals surface area contributed by atoms with Crippen LogP contribution in [0.2, 0.25) is 0 Å². The molecule has 1 heterocycles. The van der Waals surface area contributed by atoms with Gasteiger partial charge in [0.15, 0.2) is 0 Å². The Balaban J connectivity index is 2.54. The minimum Gasteiger partial charge on any atom is -0.291 e. The molecule has 0 saturated carbocycles. The number of nitrogens with zero attached hydrogens (tertiary/aromatic N) is 1. The predicted octanol–water partition coefficient (Wildman–Crippen LogP) is 3.26. The van der Waals surface area contributed by atoms with Crippen molar-refractivity contribution in [2.45, 2.75) is 33.1 Å². The van der Waals surface area contributed by atoms with Crippen LogP contribution in [0.15, 0.2) is 36.2 Å². The van der Waals surface area contributed by atoms with Gasteiger partial charge in [0, 0.05) is 18.5 Å². The summed E-state index contributed by atoms with van der Waals surface area (Å²) in [6.07, 6.45) is 8.60. The molecule has 0 atom stereocenters. The van der Waals surface area contributed by atoms with Gasteiger partial charge in [-0.25, -0.2) is 0 Å². The summed E-state index contributed by atoms with van der Waals surface area (Å²) in [5, 5.41) is 0. The number of allylic oxidation sites excluding steroid dienone is 2. The molecular weight excluding hydrogens is 174 g/mol. The molecule has 2 heteroatoms. The normalized spacial score (nSPS) is 11.7. The number of hydrogen-bond donors (Lipinski definition) is 0. The maximum atomic E-state index is 11.6. The maximum Gasteiger partial charge on any atom is 0.254 e. The summed E-state index contributed by atoms with van der Waals surface area (Å²) in [5.41, 5.74) is 1.16. The summed E-state index contributed by atoms with van der Waals surface area (Å²) in [6.45, 7) is 4.16. The number of rotatable bonds is 4. The van der Waals surface area contributed by atoms with Gasteiger partial charge in [-0.2, -0.15) is 0 Å². The van der Waals surface area contributed by atoms with Gasteiger partial charge in [0.25, 0.3) is 5.91 Å². The van der Waals surface area contributed by atoms with Crippen LogP contribution in [0, 0.1) is 0 Å². The van der Waals surface area contributed by atoms with Crippen molar-refractivity contribution in [3.8, 4) is 0 Å². The summed E-state index contributed by atoms with van der Waals surface area (Å²) in [5.74, 6) is 0.0450. The first-order valence-electron chi connectivity index (χ1n) is 5.08. The third kappa shape index (κ3) is 3.21. The predicted molar refractivity (Wildman–Crippen MR) is 58.3 cm³/mol. The molecule has 76 valence electrons. The lowest BCUT2D eigenvalue weighted by molar-refractivity contribution is 0.0968. The Kier molecular flexibility index (Phi) is 4.17. The Bertz CT molecular complexity index is 309. The van der Waals surface area contributed by atoms with E-state index in [1.54, 1.807) is 23.0 Å². The molecule has 0 N–H and O–H groups in total. The molecule has 0 aliphatic rings. The minimum atomic E-state index is 0.0450. The van der Waals surface area contributed by atoms with E-state index in [0.717, 1.165) is 18.4 Å². The van der Waals surface area contributed by atoms with Crippen molar-refractivity contribution in [2.75, 3.05) is 0 Å². The van der Waals surface area contributed by atoms with E-state index in [-0.39, 0.29) is 5.91 Å². The molecule has 0 aromatic carbocycles. The fraction of sp³-hybridized carbons (Fsp3) is 0.417. The Morgan fingerprint density at radius 2 is 2.00 bits per heavy atom. The standard InChI is InChI=1S/C12H17NO/c1-3-4-7-11(2)10-12(14)13-8-5-6-9-13/h5-6,8-10H,3-4,7H2,1-2H3/b11-10+. The Hall–Kier alpha value is -1.31. The van der Waals surface area contributed by atoms with Gasteiger partial charge in [-0.15, -0.1) is 0 Å². The highest BCUT2D eigenvalue weighted by Gasteiger charge is 1.99. The molecule has 0 saturated heterocycles. The minimum absolute atomic E-state index is 0.0450. The number of aromatic nitrogens is 1. The van der Waals surface area contributed by atoms with Crippen LogP contribution in [0.1, 0.15) is 37.9 Å². The number of unbranched alkanes of at least 4 members (excludes halogenated alkanes) is 1. The topological polar surface area (TPSA) is 22.0 Å². The van der Waals surface area contributed by atoms with Gasteiger partial charge in [0.2, 0.25) is 0 Å².